The van der Waals surface area contributed by atoms with E-state index in [2.05, 4.69) is 5.32 Å². The maximum absolute atomic E-state index is 13.8. The first-order valence-corrected chi connectivity index (χ1v) is 15.3. The number of carbonyl (C=O) groups is 2. The fourth-order valence-electron chi connectivity index (χ4n) is 4.55. The van der Waals surface area contributed by atoms with Crippen LogP contribution in [0.2, 0.25) is 15.1 Å². The number of nitrogens with one attached hydrogen (secondary N) is 1. The number of amides is 2. The molecule has 0 radical (unpaired) electrons. The zero-order valence-electron chi connectivity index (χ0n) is 20.9. The first-order valence-electron chi connectivity index (χ1n) is 12.3. The molecule has 0 saturated heterocycles. The molecule has 0 aromatic heterocycles. The number of halogens is 3. The predicted molar refractivity (Wildman–Crippen MR) is 150 cm³/mol. The topological polar surface area (TPSA) is 86.8 Å². The highest BCUT2D eigenvalue weighted by Crippen LogP contribution is 2.34. The van der Waals surface area contributed by atoms with Gasteiger partial charge in [-0.25, -0.2) is 8.42 Å². The zero-order valence-corrected chi connectivity index (χ0v) is 24.0. The molecule has 7 nitrogen and oxygen atoms in total. The average Bonchev–Trinajstić information content (AvgIpc) is 2.85. The van der Waals surface area contributed by atoms with Crippen LogP contribution in [-0.2, 0) is 26.2 Å². The molecule has 1 saturated carbocycles. The van der Waals surface area contributed by atoms with Gasteiger partial charge in [0.05, 0.1) is 22.0 Å². The molecule has 37 heavy (non-hydrogen) atoms. The van der Waals surface area contributed by atoms with Crippen molar-refractivity contribution >= 4 is 62.3 Å². The van der Waals surface area contributed by atoms with Crippen molar-refractivity contribution in [3.05, 3.63) is 63.1 Å². The highest BCUT2D eigenvalue weighted by molar-refractivity contribution is 7.92. The molecule has 0 heterocycles. The molecular weight excluding hydrogens is 557 g/mol. The van der Waals surface area contributed by atoms with Crippen molar-refractivity contribution in [3.8, 4) is 0 Å². The predicted octanol–water partition coefficient (Wildman–Crippen LogP) is 5.67. The summed E-state index contributed by atoms with van der Waals surface area (Å²) in [7, 11) is -3.93. The summed E-state index contributed by atoms with van der Waals surface area (Å²) in [5.41, 5.74) is 0.732. The smallest absolute Gasteiger partial charge is 0.244 e. The number of rotatable bonds is 10. The molecule has 1 aliphatic carbocycles. The Morgan fingerprint density at radius 3 is 2.27 bits per heavy atom. The van der Waals surface area contributed by atoms with E-state index in [1.807, 2.05) is 6.92 Å². The lowest BCUT2D eigenvalue weighted by atomic mass is 9.95. The molecule has 1 N–H and O–H groups in total. The molecule has 0 spiro atoms. The third-order valence-electron chi connectivity index (χ3n) is 6.52. The summed E-state index contributed by atoms with van der Waals surface area (Å²) < 4.78 is 26.4. The Morgan fingerprint density at radius 2 is 1.65 bits per heavy atom. The number of nitrogens with zero attached hydrogens (tertiary/aromatic N) is 2. The molecule has 202 valence electrons. The lowest BCUT2D eigenvalue weighted by Gasteiger charge is -2.34. The summed E-state index contributed by atoms with van der Waals surface area (Å²) in [6.07, 6.45) is 6.37. The molecule has 3 rings (SSSR count). The Morgan fingerprint density at radius 1 is 1.00 bits per heavy atom. The number of hydrogen-bond donors (Lipinski definition) is 1. The molecule has 1 fully saturated rings. The van der Waals surface area contributed by atoms with Gasteiger partial charge in [0.2, 0.25) is 21.8 Å². The van der Waals surface area contributed by atoms with Crippen LogP contribution in [0.1, 0.15) is 51.0 Å². The normalized spacial score (nSPS) is 15.2. The molecule has 2 amide bonds. The molecule has 1 aliphatic rings. The molecule has 1 atom stereocenters. The molecule has 0 bridgehead atoms. The summed E-state index contributed by atoms with van der Waals surface area (Å²) >= 11 is 18.8. The van der Waals surface area contributed by atoms with E-state index < -0.39 is 28.5 Å². The van der Waals surface area contributed by atoms with Crippen molar-refractivity contribution in [2.45, 2.75) is 64.1 Å². The summed E-state index contributed by atoms with van der Waals surface area (Å²) in [5.74, 6) is -0.825. The van der Waals surface area contributed by atoms with Crippen LogP contribution >= 0.6 is 34.8 Å². The van der Waals surface area contributed by atoms with E-state index in [9.17, 15) is 18.0 Å². The molecular formula is C26H32Cl3N3O4S. The van der Waals surface area contributed by atoms with E-state index in [1.165, 1.54) is 17.0 Å². The monoisotopic (exact) mass is 587 g/mol. The van der Waals surface area contributed by atoms with Gasteiger partial charge >= 0.3 is 0 Å². The van der Waals surface area contributed by atoms with Gasteiger partial charge in [0.15, 0.2) is 0 Å². The fraction of sp³-hybridized carbons (Fsp3) is 0.462. The van der Waals surface area contributed by atoms with Crippen LogP contribution in [0.25, 0.3) is 0 Å². The van der Waals surface area contributed by atoms with Crippen molar-refractivity contribution in [3.63, 3.8) is 0 Å². The van der Waals surface area contributed by atoms with Gasteiger partial charge in [-0.05, 0) is 43.0 Å². The second kappa shape index (κ2) is 13.2. The van der Waals surface area contributed by atoms with Gasteiger partial charge in [0.25, 0.3) is 0 Å². The number of anilines is 1. The van der Waals surface area contributed by atoms with Crippen molar-refractivity contribution in [1.29, 1.82) is 0 Å². The molecule has 2 aromatic carbocycles. The summed E-state index contributed by atoms with van der Waals surface area (Å²) in [6, 6.07) is 10.9. The maximum atomic E-state index is 13.8. The van der Waals surface area contributed by atoms with Gasteiger partial charge in [0, 0.05) is 17.6 Å². The number of benzene rings is 2. The van der Waals surface area contributed by atoms with Gasteiger partial charge in [-0.3, -0.25) is 13.9 Å². The Kier molecular flexibility index (Phi) is 10.5. The van der Waals surface area contributed by atoms with Gasteiger partial charge in [-0.1, -0.05) is 85.3 Å². The minimum atomic E-state index is -3.93. The Labute approximate surface area is 234 Å². The van der Waals surface area contributed by atoms with E-state index in [4.69, 9.17) is 34.8 Å². The minimum Gasteiger partial charge on any atom is -0.352 e. The average molecular weight is 589 g/mol. The standard InChI is InChI=1S/C26H32Cl3N3O4S/c1-3-22(26(34)30-19-11-5-4-6-12-19)31(16-18-10-7-8-13-20(18)27)24(33)17-32(37(2,35)36)23-15-9-14-21(28)25(23)29/h7-10,13-15,19,22H,3-6,11-12,16-17H2,1-2H3,(H,30,34)/t22-/m0/s1. The first kappa shape index (κ1) is 29.6. The molecule has 0 aliphatic heterocycles. The highest BCUT2D eigenvalue weighted by Gasteiger charge is 2.33. The second-order valence-electron chi connectivity index (χ2n) is 9.22. The first-order chi connectivity index (χ1) is 17.5. The van der Waals surface area contributed by atoms with Gasteiger partial charge in [-0.15, -0.1) is 0 Å². The van der Waals surface area contributed by atoms with Crippen LogP contribution in [0, 0.1) is 0 Å². The lowest BCUT2D eigenvalue weighted by Crippen LogP contribution is -2.54. The maximum Gasteiger partial charge on any atom is 0.244 e. The second-order valence-corrected chi connectivity index (χ2v) is 12.3. The molecule has 0 unspecified atom stereocenters. The van der Waals surface area contributed by atoms with E-state index in [0.29, 0.717) is 17.0 Å². The minimum absolute atomic E-state index is 0.0159. The Hall–Kier alpha value is -2.00. The van der Waals surface area contributed by atoms with Gasteiger partial charge in [-0.2, -0.15) is 0 Å². The highest BCUT2D eigenvalue weighted by atomic mass is 35.5. The van der Waals surface area contributed by atoms with E-state index in [-0.39, 0.29) is 34.2 Å². The van der Waals surface area contributed by atoms with E-state index >= 15 is 0 Å². The summed E-state index contributed by atoms with van der Waals surface area (Å²) in [4.78, 5) is 28.6. The third kappa shape index (κ3) is 7.76. The largest absolute Gasteiger partial charge is 0.352 e. The van der Waals surface area contributed by atoms with Crippen molar-refractivity contribution in [2.24, 2.45) is 0 Å². The van der Waals surface area contributed by atoms with Crippen LogP contribution in [0.15, 0.2) is 42.5 Å². The number of carbonyl (C=O) groups excluding carboxylic acids is 2. The molecule has 2 aromatic rings. The van der Waals surface area contributed by atoms with Crippen LogP contribution in [-0.4, -0.2) is 50.0 Å². The quantitative estimate of drug-likeness (QED) is 0.388. The van der Waals surface area contributed by atoms with Crippen LogP contribution in [0.4, 0.5) is 5.69 Å². The zero-order chi connectivity index (χ0) is 27.2. The van der Waals surface area contributed by atoms with Crippen molar-refractivity contribution in [1.82, 2.24) is 10.2 Å². The third-order valence-corrected chi connectivity index (χ3v) is 8.82. The summed E-state index contributed by atoms with van der Waals surface area (Å²) in [5, 5.41) is 3.72. The van der Waals surface area contributed by atoms with Crippen LogP contribution < -0.4 is 9.62 Å². The summed E-state index contributed by atoms with van der Waals surface area (Å²) in [6.45, 7) is 1.30. The van der Waals surface area contributed by atoms with Crippen LogP contribution in [0.3, 0.4) is 0 Å². The van der Waals surface area contributed by atoms with Gasteiger partial charge < -0.3 is 10.2 Å². The SMILES string of the molecule is CC[C@@H](C(=O)NC1CCCCC1)N(Cc1ccccc1Cl)C(=O)CN(c1cccc(Cl)c1Cl)S(C)(=O)=O. The lowest BCUT2D eigenvalue weighted by molar-refractivity contribution is -0.140. The van der Waals surface area contributed by atoms with Gasteiger partial charge in [0.1, 0.15) is 12.6 Å². The Balaban J connectivity index is 1.95. The van der Waals surface area contributed by atoms with Crippen molar-refractivity contribution < 1.29 is 18.0 Å². The fourth-order valence-corrected chi connectivity index (χ4v) is 6.05. The van der Waals surface area contributed by atoms with Crippen molar-refractivity contribution in [2.75, 3.05) is 17.1 Å². The van der Waals surface area contributed by atoms with Crippen LogP contribution in [0.5, 0.6) is 0 Å². The van der Waals surface area contributed by atoms with E-state index in [0.717, 1.165) is 42.7 Å². The Bertz CT molecular complexity index is 1220. The number of hydrogen-bond acceptors (Lipinski definition) is 4. The number of sulfonamides is 1. The molecule has 11 heteroatoms. The van der Waals surface area contributed by atoms with E-state index in [1.54, 1.807) is 30.3 Å².